The third kappa shape index (κ3) is 2.66. The summed E-state index contributed by atoms with van der Waals surface area (Å²) < 4.78 is 14.9. The van der Waals surface area contributed by atoms with Crippen LogP contribution in [-0.4, -0.2) is 45.8 Å². The highest BCUT2D eigenvalue weighted by Gasteiger charge is 2.21. The molecular weight excluding hydrogens is 307 g/mol. The zero-order valence-corrected chi connectivity index (χ0v) is 13.8. The number of aryl methyl sites for hydroxylation is 2. The molecule has 0 N–H and O–H groups in total. The van der Waals surface area contributed by atoms with Gasteiger partial charge in [-0.15, -0.1) is 5.10 Å². The van der Waals surface area contributed by atoms with E-state index in [0.29, 0.717) is 5.78 Å². The lowest BCUT2D eigenvalue weighted by molar-refractivity contribution is 0.622. The van der Waals surface area contributed by atoms with E-state index < -0.39 is 0 Å². The summed E-state index contributed by atoms with van der Waals surface area (Å²) in [6, 6.07) is 8.74. The topological polar surface area (TPSA) is 49.6 Å². The number of hydrogen-bond acceptors (Lipinski definition) is 5. The molecule has 0 radical (unpaired) electrons. The van der Waals surface area contributed by atoms with Crippen molar-refractivity contribution in [3.63, 3.8) is 0 Å². The van der Waals surface area contributed by atoms with Crippen LogP contribution >= 0.6 is 0 Å². The lowest BCUT2D eigenvalue weighted by Gasteiger charge is -2.37. The monoisotopic (exact) mass is 326 g/mol. The number of piperazine rings is 1. The highest BCUT2D eigenvalue weighted by atomic mass is 19.1. The molecule has 124 valence electrons. The van der Waals surface area contributed by atoms with Gasteiger partial charge in [0.05, 0.1) is 0 Å². The molecule has 6 nitrogen and oxygen atoms in total. The van der Waals surface area contributed by atoms with Crippen LogP contribution in [0.1, 0.15) is 11.5 Å². The van der Waals surface area contributed by atoms with E-state index in [1.807, 2.05) is 30.5 Å². The van der Waals surface area contributed by atoms with E-state index in [1.54, 1.807) is 0 Å². The Morgan fingerprint density at radius 2 is 1.58 bits per heavy atom. The van der Waals surface area contributed by atoms with E-state index >= 15 is 0 Å². The molecule has 0 saturated carbocycles. The number of aromatic nitrogens is 4. The Labute approximate surface area is 139 Å². The fourth-order valence-corrected chi connectivity index (χ4v) is 3.14. The third-order valence-corrected chi connectivity index (χ3v) is 4.32. The molecule has 1 aliphatic heterocycles. The van der Waals surface area contributed by atoms with Gasteiger partial charge in [0.2, 0.25) is 0 Å². The van der Waals surface area contributed by atoms with Crippen LogP contribution in [0.5, 0.6) is 0 Å². The van der Waals surface area contributed by atoms with Crippen molar-refractivity contribution in [3.05, 3.63) is 47.7 Å². The van der Waals surface area contributed by atoms with Gasteiger partial charge in [0.1, 0.15) is 17.5 Å². The first-order chi connectivity index (χ1) is 11.6. The molecule has 3 aromatic rings. The molecule has 0 atom stereocenters. The third-order valence-electron chi connectivity index (χ3n) is 4.32. The van der Waals surface area contributed by atoms with Crippen molar-refractivity contribution in [2.75, 3.05) is 36.0 Å². The van der Waals surface area contributed by atoms with Gasteiger partial charge in [-0.05, 0) is 38.1 Å². The van der Waals surface area contributed by atoms with E-state index in [4.69, 9.17) is 0 Å². The van der Waals surface area contributed by atoms with Gasteiger partial charge in [0.25, 0.3) is 5.78 Å². The summed E-state index contributed by atoms with van der Waals surface area (Å²) >= 11 is 0. The number of halogens is 1. The highest BCUT2D eigenvalue weighted by molar-refractivity contribution is 5.52. The maximum absolute atomic E-state index is 13.1. The van der Waals surface area contributed by atoms with E-state index in [2.05, 4.69) is 30.9 Å². The zero-order chi connectivity index (χ0) is 16.7. The molecule has 1 aliphatic rings. The van der Waals surface area contributed by atoms with Crippen LogP contribution in [0.15, 0.2) is 30.3 Å². The number of benzene rings is 1. The van der Waals surface area contributed by atoms with Crippen LogP contribution in [0, 0.1) is 19.7 Å². The van der Waals surface area contributed by atoms with Crippen LogP contribution in [-0.2, 0) is 0 Å². The van der Waals surface area contributed by atoms with Crippen molar-refractivity contribution < 1.29 is 4.39 Å². The molecule has 1 fully saturated rings. The maximum Gasteiger partial charge on any atom is 0.254 e. The van der Waals surface area contributed by atoms with Crippen LogP contribution in [0.4, 0.5) is 15.9 Å². The van der Waals surface area contributed by atoms with Gasteiger partial charge < -0.3 is 9.80 Å². The second-order valence-corrected chi connectivity index (χ2v) is 6.08. The van der Waals surface area contributed by atoms with E-state index in [1.165, 1.54) is 12.1 Å². The zero-order valence-electron chi connectivity index (χ0n) is 13.8. The minimum Gasteiger partial charge on any atom is -0.368 e. The van der Waals surface area contributed by atoms with Crippen LogP contribution in [0.2, 0.25) is 0 Å². The minimum absolute atomic E-state index is 0.200. The summed E-state index contributed by atoms with van der Waals surface area (Å²) in [7, 11) is 0. The summed E-state index contributed by atoms with van der Waals surface area (Å²) in [5.41, 5.74) is 1.99. The van der Waals surface area contributed by atoms with E-state index in [9.17, 15) is 4.39 Å². The predicted molar refractivity (Wildman–Crippen MR) is 91.1 cm³/mol. The molecule has 0 aliphatic carbocycles. The Morgan fingerprint density at radius 1 is 0.917 bits per heavy atom. The van der Waals surface area contributed by atoms with Crippen molar-refractivity contribution >= 4 is 17.3 Å². The molecule has 0 unspecified atom stereocenters. The first-order valence-electron chi connectivity index (χ1n) is 8.07. The lowest BCUT2D eigenvalue weighted by atomic mass is 10.2. The predicted octanol–water partition coefficient (Wildman–Crippen LogP) is 2.21. The fourth-order valence-electron chi connectivity index (χ4n) is 3.14. The Balaban J connectivity index is 1.57. The van der Waals surface area contributed by atoms with Gasteiger partial charge in [0.15, 0.2) is 0 Å². The molecule has 0 amide bonds. The van der Waals surface area contributed by atoms with E-state index in [-0.39, 0.29) is 5.82 Å². The normalized spacial score (nSPS) is 15.3. The Hall–Kier alpha value is -2.70. The van der Waals surface area contributed by atoms with E-state index in [0.717, 1.165) is 49.2 Å². The van der Waals surface area contributed by atoms with Crippen molar-refractivity contribution in [1.29, 1.82) is 0 Å². The standard InChI is InChI=1S/C17H19FN6/c1-12-11-16(24-17(19-12)20-13(2)21-24)23-9-7-22(8-10-23)15-5-3-14(18)4-6-15/h3-6,11H,7-10H2,1-2H3. The Bertz CT molecular complexity index is 865. The largest absolute Gasteiger partial charge is 0.368 e. The molecule has 1 saturated heterocycles. The van der Waals surface area contributed by atoms with Gasteiger partial charge >= 0.3 is 0 Å². The van der Waals surface area contributed by atoms with Crippen LogP contribution in [0.25, 0.3) is 5.78 Å². The van der Waals surface area contributed by atoms with Gasteiger partial charge in [-0.1, -0.05) is 0 Å². The second-order valence-electron chi connectivity index (χ2n) is 6.08. The van der Waals surface area contributed by atoms with Crippen molar-refractivity contribution in [2.24, 2.45) is 0 Å². The fraction of sp³-hybridized carbons (Fsp3) is 0.353. The van der Waals surface area contributed by atoms with Crippen molar-refractivity contribution in [3.8, 4) is 0 Å². The van der Waals surface area contributed by atoms with Gasteiger partial charge in [0, 0.05) is 43.6 Å². The first kappa shape index (κ1) is 14.9. The maximum atomic E-state index is 13.1. The summed E-state index contributed by atoms with van der Waals surface area (Å²) in [5.74, 6) is 2.19. The molecule has 3 heterocycles. The molecule has 0 bridgehead atoms. The van der Waals surface area contributed by atoms with Gasteiger partial charge in [-0.2, -0.15) is 9.50 Å². The lowest BCUT2D eigenvalue weighted by Crippen LogP contribution is -2.47. The Kier molecular flexibility index (Phi) is 3.55. The van der Waals surface area contributed by atoms with Gasteiger partial charge in [-0.3, -0.25) is 0 Å². The molecule has 7 heteroatoms. The average Bonchev–Trinajstić information content (AvgIpc) is 2.95. The molecule has 2 aromatic heterocycles. The molecule has 0 spiro atoms. The summed E-state index contributed by atoms with van der Waals surface area (Å²) in [4.78, 5) is 13.4. The molecule has 4 rings (SSSR count). The minimum atomic E-state index is -0.200. The summed E-state index contributed by atoms with van der Waals surface area (Å²) in [6.07, 6.45) is 0. The van der Waals surface area contributed by atoms with Gasteiger partial charge in [-0.25, -0.2) is 9.37 Å². The highest BCUT2D eigenvalue weighted by Crippen LogP contribution is 2.21. The van der Waals surface area contributed by atoms with Crippen LogP contribution in [0.3, 0.4) is 0 Å². The number of anilines is 2. The summed E-state index contributed by atoms with van der Waals surface area (Å²) in [5, 5.41) is 4.46. The molecule has 24 heavy (non-hydrogen) atoms. The molecular formula is C17H19FN6. The quantitative estimate of drug-likeness (QED) is 0.723. The Morgan fingerprint density at radius 3 is 2.29 bits per heavy atom. The van der Waals surface area contributed by atoms with Crippen molar-refractivity contribution in [1.82, 2.24) is 19.6 Å². The number of hydrogen-bond donors (Lipinski definition) is 0. The average molecular weight is 326 g/mol. The smallest absolute Gasteiger partial charge is 0.254 e. The first-order valence-corrected chi connectivity index (χ1v) is 8.07. The van der Waals surface area contributed by atoms with Crippen molar-refractivity contribution in [2.45, 2.75) is 13.8 Å². The number of rotatable bonds is 2. The summed E-state index contributed by atoms with van der Waals surface area (Å²) in [6.45, 7) is 7.34. The number of fused-ring (bicyclic) bond motifs is 1. The molecule has 1 aromatic carbocycles. The van der Waals surface area contributed by atoms with Crippen LogP contribution < -0.4 is 9.80 Å². The SMILES string of the molecule is Cc1cc(N2CCN(c3ccc(F)cc3)CC2)n2nc(C)nc2n1. The number of nitrogens with zero attached hydrogens (tertiary/aromatic N) is 6. The second kappa shape index (κ2) is 5.74.